The van der Waals surface area contributed by atoms with Crippen molar-refractivity contribution in [2.75, 3.05) is 6.54 Å². The van der Waals surface area contributed by atoms with Gasteiger partial charge in [0.2, 0.25) is 0 Å². The Labute approximate surface area is 114 Å². The molecule has 1 nitrogen and oxygen atoms in total. The minimum atomic E-state index is -0.485. The normalized spacial score (nSPS) is 12.4. The van der Waals surface area contributed by atoms with Crippen LogP contribution in [-0.4, -0.2) is 6.54 Å². The predicted molar refractivity (Wildman–Crippen MR) is 76.2 cm³/mol. The fourth-order valence-corrected chi connectivity index (χ4v) is 2.10. The van der Waals surface area contributed by atoms with E-state index in [0.29, 0.717) is 11.1 Å². The van der Waals surface area contributed by atoms with Crippen molar-refractivity contribution in [3.63, 3.8) is 0 Å². The van der Waals surface area contributed by atoms with Crippen LogP contribution in [0.15, 0.2) is 24.8 Å². The topological polar surface area (TPSA) is 12.0 Å². The number of rotatable bonds is 8. The van der Waals surface area contributed by atoms with Crippen molar-refractivity contribution in [3.8, 4) is 0 Å². The summed E-state index contributed by atoms with van der Waals surface area (Å²) < 4.78 is 27.2. The van der Waals surface area contributed by atoms with Gasteiger partial charge < -0.3 is 5.32 Å². The SMILES string of the molecule is C=CCCCC(NCCC)c1cc(C)c(F)cc1F. The summed E-state index contributed by atoms with van der Waals surface area (Å²) in [5.74, 6) is -0.947. The summed E-state index contributed by atoms with van der Waals surface area (Å²) in [7, 11) is 0. The van der Waals surface area contributed by atoms with Crippen LogP contribution in [0.3, 0.4) is 0 Å². The summed E-state index contributed by atoms with van der Waals surface area (Å²) in [6.45, 7) is 8.25. The second kappa shape index (κ2) is 8.05. The Bertz CT molecular complexity index is 415. The highest BCUT2D eigenvalue weighted by atomic mass is 19.1. The largest absolute Gasteiger partial charge is 0.310 e. The van der Waals surface area contributed by atoms with Crippen molar-refractivity contribution in [3.05, 3.63) is 47.5 Å². The highest BCUT2D eigenvalue weighted by Gasteiger charge is 2.16. The van der Waals surface area contributed by atoms with Gasteiger partial charge in [-0.15, -0.1) is 6.58 Å². The molecule has 1 rings (SSSR count). The number of aryl methyl sites for hydroxylation is 1. The number of hydrogen-bond donors (Lipinski definition) is 1. The zero-order valence-corrected chi connectivity index (χ0v) is 11.8. The maximum Gasteiger partial charge on any atom is 0.130 e. The maximum absolute atomic E-state index is 13.9. The fraction of sp³-hybridized carbons (Fsp3) is 0.500. The van der Waals surface area contributed by atoms with Gasteiger partial charge in [-0.1, -0.05) is 13.0 Å². The number of halogens is 2. The molecule has 1 unspecified atom stereocenters. The molecule has 0 aliphatic heterocycles. The quantitative estimate of drug-likeness (QED) is 0.533. The van der Waals surface area contributed by atoms with Crippen LogP contribution in [0, 0.1) is 18.6 Å². The van der Waals surface area contributed by atoms with Crippen LogP contribution in [0.4, 0.5) is 8.78 Å². The minimum Gasteiger partial charge on any atom is -0.310 e. The molecule has 0 bridgehead atoms. The van der Waals surface area contributed by atoms with E-state index < -0.39 is 11.6 Å². The molecule has 1 atom stereocenters. The van der Waals surface area contributed by atoms with Gasteiger partial charge >= 0.3 is 0 Å². The first-order chi connectivity index (χ1) is 9.10. The molecule has 0 fully saturated rings. The van der Waals surface area contributed by atoms with E-state index in [4.69, 9.17) is 0 Å². The first-order valence-corrected chi connectivity index (χ1v) is 6.90. The third-order valence-corrected chi connectivity index (χ3v) is 3.20. The molecular formula is C16H23F2N. The lowest BCUT2D eigenvalue weighted by Crippen LogP contribution is -2.23. The molecular weight excluding hydrogens is 244 g/mol. The molecule has 0 saturated heterocycles. The Morgan fingerprint density at radius 2 is 2.05 bits per heavy atom. The van der Waals surface area contributed by atoms with Crippen LogP contribution in [0.5, 0.6) is 0 Å². The van der Waals surface area contributed by atoms with Gasteiger partial charge in [0.25, 0.3) is 0 Å². The fourth-order valence-electron chi connectivity index (χ4n) is 2.10. The Morgan fingerprint density at radius 3 is 2.68 bits per heavy atom. The van der Waals surface area contributed by atoms with Crippen LogP contribution in [-0.2, 0) is 0 Å². The molecule has 0 saturated carbocycles. The molecule has 1 aromatic carbocycles. The van der Waals surface area contributed by atoms with Crippen molar-refractivity contribution in [1.29, 1.82) is 0 Å². The van der Waals surface area contributed by atoms with Gasteiger partial charge in [0.1, 0.15) is 11.6 Å². The lowest BCUT2D eigenvalue weighted by atomic mass is 9.98. The van der Waals surface area contributed by atoms with Gasteiger partial charge in [0.05, 0.1) is 0 Å². The van der Waals surface area contributed by atoms with E-state index in [-0.39, 0.29) is 6.04 Å². The molecule has 106 valence electrons. The minimum absolute atomic E-state index is 0.0563. The summed E-state index contributed by atoms with van der Waals surface area (Å²) in [5.41, 5.74) is 1.06. The Balaban J connectivity index is 2.88. The lowest BCUT2D eigenvalue weighted by Gasteiger charge is -2.20. The lowest BCUT2D eigenvalue weighted by molar-refractivity contribution is 0.459. The van der Waals surface area contributed by atoms with Crippen LogP contribution in [0.2, 0.25) is 0 Å². The molecule has 0 aliphatic carbocycles. The van der Waals surface area contributed by atoms with Gasteiger partial charge in [-0.2, -0.15) is 0 Å². The molecule has 0 aliphatic rings. The first-order valence-electron chi connectivity index (χ1n) is 6.90. The number of allylic oxidation sites excluding steroid dienone is 1. The number of unbranched alkanes of at least 4 members (excludes halogenated alkanes) is 1. The number of hydrogen-bond acceptors (Lipinski definition) is 1. The monoisotopic (exact) mass is 267 g/mol. The maximum atomic E-state index is 13.9. The molecule has 19 heavy (non-hydrogen) atoms. The average molecular weight is 267 g/mol. The summed E-state index contributed by atoms with van der Waals surface area (Å²) in [5, 5.41) is 3.34. The second-order valence-corrected chi connectivity index (χ2v) is 4.85. The van der Waals surface area contributed by atoms with Crippen LogP contribution in [0.25, 0.3) is 0 Å². The van der Waals surface area contributed by atoms with Crippen LogP contribution in [0.1, 0.15) is 49.8 Å². The first kappa shape index (κ1) is 15.8. The van der Waals surface area contributed by atoms with Gasteiger partial charge in [-0.3, -0.25) is 0 Å². The van der Waals surface area contributed by atoms with Crippen molar-refractivity contribution >= 4 is 0 Å². The molecule has 0 aromatic heterocycles. The summed E-state index contributed by atoms with van der Waals surface area (Å²) in [6, 6.07) is 2.55. The van der Waals surface area contributed by atoms with Gasteiger partial charge in [0.15, 0.2) is 0 Å². The van der Waals surface area contributed by atoms with E-state index in [2.05, 4.69) is 18.8 Å². The summed E-state index contributed by atoms with van der Waals surface area (Å²) in [4.78, 5) is 0. The molecule has 0 spiro atoms. The highest BCUT2D eigenvalue weighted by molar-refractivity contribution is 5.28. The van der Waals surface area contributed by atoms with Crippen molar-refractivity contribution < 1.29 is 8.78 Å². The standard InChI is InChI=1S/C16H23F2N/c1-4-6-7-8-16(19-9-5-2)13-10-12(3)14(17)11-15(13)18/h4,10-11,16,19H,1,5-9H2,2-3H3. The second-order valence-electron chi connectivity index (χ2n) is 4.85. The molecule has 1 aromatic rings. The van der Waals surface area contributed by atoms with Crippen LogP contribution >= 0.6 is 0 Å². The molecule has 1 N–H and O–H groups in total. The molecule has 0 radical (unpaired) electrons. The average Bonchev–Trinajstić information content (AvgIpc) is 2.38. The van der Waals surface area contributed by atoms with E-state index in [9.17, 15) is 8.78 Å². The van der Waals surface area contributed by atoms with E-state index in [1.165, 1.54) is 0 Å². The van der Waals surface area contributed by atoms with Crippen LogP contribution < -0.4 is 5.32 Å². The Kier molecular flexibility index (Phi) is 6.71. The highest BCUT2D eigenvalue weighted by Crippen LogP contribution is 2.25. The van der Waals surface area contributed by atoms with E-state index in [1.54, 1.807) is 13.0 Å². The number of nitrogens with one attached hydrogen (secondary N) is 1. The van der Waals surface area contributed by atoms with Gasteiger partial charge in [-0.05, 0) is 50.8 Å². The van der Waals surface area contributed by atoms with Crippen molar-refractivity contribution in [2.45, 2.75) is 45.6 Å². The number of benzene rings is 1. The van der Waals surface area contributed by atoms with Gasteiger partial charge in [0, 0.05) is 17.7 Å². The summed E-state index contributed by atoms with van der Waals surface area (Å²) in [6.07, 6.45) is 5.53. The third-order valence-electron chi connectivity index (χ3n) is 3.20. The van der Waals surface area contributed by atoms with E-state index >= 15 is 0 Å². The van der Waals surface area contributed by atoms with Gasteiger partial charge in [-0.25, -0.2) is 8.78 Å². The molecule has 3 heteroatoms. The predicted octanol–water partition coefficient (Wildman–Crippen LogP) is 4.67. The van der Waals surface area contributed by atoms with Crippen molar-refractivity contribution in [1.82, 2.24) is 5.32 Å². The Hall–Kier alpha value is -1.22. The third kappa shape index (κ3) is 4.75. The molecule has 0 amide bonds. The molecule has 0 heterocycles. The zero-order chi connectivity index (χ0) is 14.3. The Morgan fingerprint density at radius 1 is 1.32 bits per heavy atom. The van der Waals surface area contributed by atoms with Crippen molar-refractivity contribution in [2.24, 2.45) is 0 Å². The van der Waals surface area contributed by atoms with E-state index in [1.807, 2.05) is 6.08 Å². The van der Waals surface area contributed by atoms with E-state index in [0.717, 1.165) is 38.3 Å². The zero-order valence-electron chi connectivity index (χ0n) is 11.8. The summed E-state index contributed by atoms with van der Waals surface area (Å²) >= 11 is 0. The smallest absolute Gasteiger partial charge is 0.130 e.